The lowest BCUT2D eigenvalue weighted by Crippen LogP contribution is -2.45. The van der Waals surface area contributed by atoms with Gasteiger partial charge in [-0.1, -0.05) is 11.8 Å². The van der Waals surface area contributed by atoms with Gasteiger partial charge in [0.25, 0.3) is 0 Å². The van der Waals surface area contributed by atoms with Crippen LogP contribution in [0.15, 0.2) is 4.99 Å². The second kappa shape index (κ2) is 3.45. The zero-order valence-corrected chi connectivity index (χ0v) is 7.78. The van der Waals surface area contributed by atoms with E-state index in [0.717, 1.165) is 0 Å². The summed E-state index contributed by atoms with van der Waals surface area (Å²) in [5, 5.41) is 18.9. The van der Waals surface area contributed by atoms with Crippen molar-refractivity contribution in [3.05, 3.63) is 0 Å². The highest BCUT2D eigenvalue weighted by atomic mass is 32.2. The van der Waals surface area contributed by atoms with Crippen molar-refractivity contribution in [1.29, 1.82) is 0 Å². The highest BCUT2D eigenvalue weighted by Crippen LogP contribution is 2.34. The molecule has 0 aromatic carbocycles. The number of nitrogens with two attached hydrogens (primary N) is 1. The highest BCUT2D eigenvalue weighted by molar-refractivity contribution is 8.14. The summed E-state index contributed by atoms with van der Waals surface area (Å²) in [7, 11) is 0. The fourth-order valence-corrected chi connectivity index (χ4v) is 2.52. The molecule has 0 amide bonds. The van der Waals surface area contributed by atoms with Crippen LogP contribution in [-0.2, 0) is 4.74 Å². The van der Waals surface area contributed by atoms with Gasteiger partial charge in [0.15, 0.2) is 5.17 Å². The third kappa shape index (κ3) is 1.67. The van der Waals surface area contributed by atoms with Crippen LogP contribution in [0.25, 0.3) is 0 Å². The minimum atomic E-state index is -0.638. The molecule has 0 aromatic rings. The molecule has 4 N–H and O–H groups in total. The summed E-state index contributed by atoms with van der Waals surface area (Å²) >= 11 is 1.35. The molecule has 0 spiro atoms. The number of aliphatic imine (C=N–C) groups is 1. The lowest BCUT2D eigenvalue weighted by atomic mass is 10.0. The quantitative estimate of drug-likeness (QED) is 0.504. The van der Waals surface area contributed by atoms with Crippen molar-refractivity contribution >= 4 is 16.9 Å². The van der Waals surface area contributed by atoms with Crippen molar-refractivity contribution in [3.63, 3.8) is 0 Å². The average molecular weight is 204 g/mol. The molecule has 0 radical (unpaired) electrons. The van der Waals surface area contributed by atoms with Gasteiger partial charge >= 0.3 is 0 Å². The minimum Gasteiger partial charge on any atom is -0.394 e. The van der Waals surface area contributed by atoms with Gasteiger partial charge in [-0.3, -0.25) is 4.99 Å². The lowest BCUT2D eigenvalue weighted by Gasteiger charge is -2.33. The van der Waals surface area contributed by atoms with Crippen molar-refractivity contribution < 1.29 is 14.9 Å². The number of fused-ring (bicyclic) bond motifs is 1. The van der Waals surface area contributed by atoms with E-state index >= 15 is 0 Å². The van der Waals surface area contributed by atoms with Crippen LogP contribution in [0.1, 0.15) is 6.42 Å². The third-order valence-corrected chi connectivity index (χ3v) is 3.25. The minimum absolute atomic E-state index is 0.0530. The van der Waals surface area contributed by atoms with Crippen molar-refractivity contribution in [2.75, 3.05) is 6.61 Å². The monoisotopic (exact) mass is 204 g/mol. The van der Waals surface area contributed by atoms with E-state index in [0.29, 0.717) is 11.6 Å². The summed E-state index contributed by atoms with van der Waals surface area (Å²) < 4.78 is 5.41. The molecule has 74 valence electrons. The molecule has 2 rings (SSSR count). The number of rotatable bonds is 1. The van der Waals surface area contributed by atoms with Crippen molar-refractivity contribution in [2.24, 2.45) is 10.7 Å². The Labute approximate surface area is 80.0 Å². The van der Waals surface area contributed by atoms with Gasteiger partial charge in [0.05, 0.1) is 18.8 Å². The van der Waals surface area contributed by atoms with Crippen molar-refractivity contribution in [1.82, 2.24) is 0 Å². The van der Waals surface area contributed by atoms with E-state index in [2.05, 4.69) is 4.99 Å². The zero-order valence-electron chi connectivity index (χ0n) is 6.96. The fourth-order valence-electron chi connectivity index (χ4n) is 1.56. The Morgan fingerprint density at radius 3 is 3.15 bits per heavy atom. The normalized spacial score (nSPS) is 44.3. The first-order valence-electron chi connectivity index (χ1n) is 4.15. The predicted molar refractivity (Wildman–Crippen MR) is 49.4 cm³/mol. The number of ether oxygens (including phenoxy) is 1. The maximum Gasteiger partial charge on any atom is 0.156 e. The van der Waals surface area contributed by atoms with E-state index in [1.165, 1.54) is 11.8 Å². The molecule has 2 aliphatic heterocycles. The molecule has 13 heavy (non-hydrogen) atoms. The Bertz CT molecular complexity index is 236. The molecular formula is C7H12N2O3S. The van der Waals surface area contributed by atoms with E-state index in [1.54, 1.807) is 0 Å². The van der Waals surface area contributed by atoms with Crippen LogP contribution in [0.3, 0.4) is 0 Å². The summed E-state index contributed by atoms with van der Waals surface area (Å²) in [6, 6.07) is -0.0530. The maximum atomic E-state index is 9.50. The highest BCUT2D eigenvalue weighted by Gasteiger charge is 2.40. The number of aliphatic hydroxyl groups excluding tert-OH is 2. The molecule has 0 unspecified atom stereocenters. The molecule has 5 nitrogen and oxygen atoms in total. The Morgan fingerprint density at radius 1 is 1.69 bits per heavy atom. The molecular weight excluding hydrogens is 192 g/mol. The van der Waals surface area contributed by atoms with Crippen LogP contribution >= 0.6 is 11.8 Å². The smallest absolute Gasteiger partial charge is 0.156 e. The van der Waals surface area contributed by atoms with Crippen molar-refractivity contribution in [3.8, 4) is 0 Å². The van der Waals surface area contributed by atoms with Crippen LogP contribution in [0, 0.1) is 0 Å². The lowest BCUT2D eigenvalue weighted by molar-refractivity contribution is -0.111. The topological polar surface area (TPSA) is 88.1 Å². The molecule has 0 aliphatic carbocycles. The van der Waals surface area contributed by atoms with E-state index in [-0.39, 0.29) is 18.1 Å². The largest absolute Gasteiger partial charge is 0.394 e. The Kier molecular flexibility index (Phi) is 2.46. The molecule has 6 heteroatoms. The van der Waals surface area contributed by atoms with Gasteiger partial charge in [-0.05, 0) is 0 Å². The molecule has 0 aromatic heterocycles. The summed E-state index contributed by atoms with van der Waals surface area (Å²) in [5.74, 6) is 0. The van der Waals surface area contributed by atoms with Crippen LogP contribution in [0.2, 0.25) is 0 Å². The first-order chi connectivity index (χ1) is 6.20. The number of thioether (sulfide) groups is 1. The number of amidine groups is 1. The second-order valence-corrected chi connectivity index (χ2v) is 4.30. The fraction of sp³-hybridized carbons (Fsp3) is 0.857. The van der Waals surface area contributed by atoms with Crippen LogP contribution in [0.5, 0.6) is 0 Å². The number of nitrogens with zero attached hydrogens (tertiary/aromatic N) is 1. The molecule has 2 aliphatic rings. The summed E-state index contributed by atoms with van der Waals surface area (Å²) in [6.45, 7) is -0.162. The molecule has 4 atom stereocenters. The van der Waals surface area contributed by atoms with Crippen molar-refractivity contribution in [2.45, 2.75) is 30.1 Å². The molecule has 1 saturated heterocycles. The van der Waals surface area contributed by atoms with Gasteiger partial charge < -0.3 is 20.7 Å². The standard InChI is InChI=1S/C7H12N2O3S/c8-7-9-3-1-4(11)5(2-10)12-6(3)13-7/h3-6,10-11H,1-2H2,(H2,8,9)/t3-,4+,5-,6-/m1/s1. The Hall–Kier alpha value is -0.300. The van der Waals surface area contributed by atoms with E-state index in [4.69, 9.17) is 15.6 Å². The van der Waals surface area contributed by atoms with E-state index in [1.807, 2.05) is 0 Å². The molecule has 0 saturated carbocycles. The molecule has 0 bridgehead atoms. The maximum absolute atomic E-state index is 9.50. The van der Waals surface area contributed by atoms with Crippen LogP contribution in [0.4, 0.5) is 0 Å². The van der Waals surface area contributed by atoms with Crippen LogP contribution < -0.4 is 5.73 Å². The molecule has 2 heterocycles. The second-order valence-electron chi connectivity index (χ2n) is 3.18. The van der Waals surface area contributed by atoms with Gasteiger partial charge in [-0.2, -0.15) is 0 Å². The van der Waals surface area contributed by atoms with Gasteiger partial charge in [-0.15, -0.1) is 0 Å². The van der Waals surface area contributed by atoms with Gasteiger partial charge in [0.1, 0.15) is 11.5 Å². The summed E-state index contributed by atoms with van der Waals surface area (Å²) in [4.78, 5) is 4.12. The number of aliphatic hydroxyl groups is 2. The van der Waals surface area contributed by atoms with Crippen LogP contribution in [-0.4, -0.2) is 45.7 Å². The molecule has 1 fully saturated rings. The zero-order chi connectivity index (χ0) is 9.42. The van der Waals surface area contributed by atoms with Gasteiger partial charge in [0.2, 0.25) is 0 Å². The SMILES string of the molecule is NC1=N[C@@H]2C[C@H](O)[C@@H](CO)O[C@@H]2S1. The Morgan fingerprint density at radius 2 is 2.46 bits per heavy atom. The van der Waals surface area contributed by atoms with Gasteiger partial charge in [0, 0.05) is 6.42 Å². The third-order valence-electron chi connectivity index (χ3n) is 2.25. The first-order valence-corrected chi connectivity index (χ1v) is 5.03. The predicted octanol–water partition coefficient (Wildman–Crippen LogP) is -1.12. The van der Waals surface area contributed by atoms with Gasteiger partial charge in [-0.25, -0.2) is 0 Å². The summed E-state index contributed by atoms with van der Waals surface area (Å²) in [5.41, 5.74) is 5.39. The number of hydrogen-bond donors (Lipinski definition) is 3. The average Bonchev–Trinajstić information content (AvgIpc) is 2.42. The first kappa shape index (κ1) is 9.26. The summed E-state index contributed by atoms with van der Waals surface area (Å²) in [6.07, 6.45) is -0.611. The van der Waals surface area contributed by atoms with E-state index < -0.39 is 12.2 Å². The Balaban J connectivity index is 2.04. The van der Waals surface area contributed by atoms with E-state index in [9.17, 15) is 5.11 Å². The number of hydrogen-bond acceptors (Lipinski definition) is 6.